The Labute approximate surface area is 167 Å². The van der Waals surface area contributed by atoms with Crippen LogP contribution in [0.5, 0.6) is 5.75 Å². The number of amides is 1. The van der Waals surface area contributed by atoms with E-state index < -0.39 is 0 Å². The minimum absolute atomic E-state index is 0.0159. The van der Waals surface area contributed by atoms with Crippen molar-refractivity contribution in [2.75, 3.05) is 24.3 Å². The summed E-state index contributed by atoms with van der Waals surface area (Å²) in [5.41, 5.74) is 10.4. The number of nitrogens with zero attached hydrogens (tertiary/aromatic N) is 1. The summed E-state index contributed by atoms with van der Waals surface area (Å²) in [5.74, 6) is 0.891. The Morgan fingerprint density at radius 1 is 1.29 bits per heavy atom. The summed E-state index contributed by atoms with van der Waals surface area (Å²) in [6.07, 6.45) is 3.07. The van der Waals surface area contributed by atoms with Crippen molar-refractivity contribution in [3.63, 3.8) is 0 Å². The molecule has 28 heavy (non-hydrogen) atoms. The van der Waals surface area contributed by atoms with E-state index in [0.29, 0.717) is 13.0 Å². The Balaban J connectivity index is 1.34. The van der Waals surface area contributed by atoms with Crippen LogP contribution in [0.4, 0.5) is 10.8 Å². The van der Waals surface area contributed by atoms with Gasteiger partial charge < -0.3 is 21.1 Å². The molecule has 0 saturated carbocycles. The number of ether oxygens (including phenoxy) is 1. The maximum Gasteiger partial charge on any atom is 0.228 e. The normalized spacial score (nSPS) is 13.7. The van der Waals surface area contributed by atoms with Gasteiger partial charge in [-0.3, -0.25) is 4.79 Å². The molecular weight excluding hydrogens is 372 g/mol. The van der Waals surface area contributed by atoms with Crippen LogP contribution in [0.2, 0.25) is 0 Å². The van der Waals surface area contributed by atoms with Gasteiger partial charge >= 0.3 is 0 Å². The molecule has 7 heteroatoms. The molecule has 0 bridgehead atoms. The Morgan fingerprint density at radius 2 is 2.11 bits per heavy atom. The number of rotatable bonds is 7. The number of carbonyl (C=O) groups excluding carboxylic acids is 1. The highest BCUT2D eigenvalue weighted by molar-refractivity contribution is 7.18. The molecule has 1 atom stereocenters. The van der Waals surface area contributed by atoms with E-state index in [1.54, 1.807) is 18.4 Å². The number of nitrogens with one attached hydrogen (secondary N) is 2. The quantitative estimate of drug-likeness (QED) is 0.572. The third-order valence-corrected chi connectivity index (χ3v) is 5.70. The van der Waals surface area contributed by atoms with Gasteiger partial charge in [-0.05, 0) is 47.4 Å². The number of fused-ring (bicyclic) bond motifs is 1. The van der Waals surface area contributed by atoms with Crippen molar-refractivity contribution in [1.29, 1.82) is 0 Å². The van der Waals surface area contributed by atoms with E-state index in [2.05, 4.69) is 21.7 Å². The number of hydrogen-bond donors (Lipinski definition) is 3. The van der Waals surface area contributed by atoms with E-state index in [9.17, 15) is 4.79 Å². The highest BCUT2D eigenvalue weighted by Crippen LogP contribution is 2.33. The van der Waals surface area contributed by atoms with E-state index >= 15 is 0 Å². The molecular formula is C21H22N4O2S. The molecule has 1 aliphatic rings. The molecule has 0 aliphatic carbocycles. The first-order chi connectivity index (χ1) is 13.6. The summed E-state index contributed by atoms with van der Waals surface area (Å²) in [6.45, 7) is 0.640. The van der Waals surface area contributed by atoms with Crippen molar-refractivity contribution in [2.24, 2.45) is 5.73 Å². The van der Waals surface area contributed by atoms with E-state index in [4.69, 9.17) is 10.5 Å². The van der Waals surface area contributed by atoms with Crippen LogP contribution in [0, 0.1) is 0 Å². The maximum atomic E-state index is 11.5. The van der Waals surface area contributed by atoms with Crippen LogP contribution in [-0.4, -0.2) is 30.6 Å². The number of aromatic nitrogens is 1. The Bertz CT molecular complexity index is 984. The molecule has 2 aromatic carbocycles. The lowest BCUT2D eigenvalue weighted by atomic mass is 10.1. The molecule has 0 spiro atoms. The van der Waals surface area contributed by atoms with Crippen LogP contribution >= 0.6 is 11.3 Å². The summed E-state index contributed by atoms with van der Waals surface area (Å²) >= 11 is 1.59. The summed E-state index contributed by atoms with van der Waals surface area (Å²) in [7, 11) is 1.66. The minimum Gasteiger partial charge on any atom is -0.497 e. The predicted molar refractivity (Wildman–Crippen MR) is 113 cm³/mol. The third kappa shape index (κ3) is 4.16. The number of hydrogen-bond acceptors (Lipinski definition) is 6. The molecule has 1 amide bonds. The average Bonchev–Trinajstić information content (AvgIpc) is 3.32. The lowest BCUT2D eigenvalue weighted by molar-refractivity contribution is -0.115. The van der Waals surface area contributed by atoms with Crippen molar-refractivity contribution in [3.8, 4) is 16.2 Å². The molecule has 144 valence electrons. The molecule has 1 aromatic heterocycles. The van der Waals surface area contributed by atoms with Crippen LogP contribution in [-0.2, 0) is 17.6 Å². The molecule has 0 fully saturated rings. The van der Waals surface area contributed by atoms with Crippen LogP contribution in [0.25, 0.3) is 10.4 Å². The van der Waals surface area contributed by atoms with Crippen molar-refractivity contribution in [1.82, 2.24) is 4.98 Å². The van der Waals surface area contributed by atoms with Crippen LogP contribution in [0.15, 0.2) is 48.7 Å². The molecule has 2 heterocycles. The van der Waals surface area contributed by atoms with Gasteiger partial charge in [-0.2, -0.15) is 0 Å². The Hall–Kier alpha value is -2.90. The molecule has 3 aromatic rings. The van der Waals surface area contributed by atoms with Gasteiger partial charge in [0.05, 0.1) is 18.4 Å². The van der Waals surface area contributed by atoms with Gasteiger partial charge in [0.2, 0.25) is 5.91 Å². The third-order valence-electron chi connectivity index (χ3n) is 4.69. The lowest BCUT2D eigenvalue weighted by Crippen LogP contribution is -2.31. The number of benzene rings is 2. The second-order valence-electron chi connectivity index (χ2n) is 6.82. The molecule has 0 saturated heterocycles. The van der Waals surface area contributed by atoms with Crippen LogP contribution in [0.3, 0.4) is 0 Å². The topological polar surface area (TPSA) is 89.3 Å². The highest BCUT2D eigenvalue weighted by atomic mass is 32.1. The van der Waals surface area contributed by atoms with Crippen molar-refractivity contribution in [3.05, 3.63) is 59.8 Å². The van der Waals surface area contributed by atoms with Gasteiger partial charge in [0, 0.05) is 24.5 Å². The predicted octanol–water partition coefficient (Wildman–Crippen LogP) is 3.30. The molecule has 1 aliphatic heterocycles. The number of methoxy groups -OCH3 is 1. The molecule has 0 unspecified atom stereocenters. The summed E-state index contributed by atoms with van der Waals surface area (Å²) in [4.78, 5) is 17.0. The minimum atomic E-state index is -0.0159. The van der Waals surface area contributed by atoms with E-state index in [-0.39, 0.29) is 11.9 Å². The monoisotopic (exact) mass is 394 g/mol. The van der Waals surface area contributed by atoms with E-state index in [0.717, 1.165) is 39.0 Å². The number of nitrogens with two attached hydrogens (primary N) is 1. The summed E-state index contributed by atoms with van der Waals surface area (Å²) in [6, 6.07) is 14.0. The van der Waals surface area contributed by atoms with E-state index in [1.807, 2.05) is 42.6 Å². The highest BCUT2D eigenvalue weighted by Gasteiger charge is 2.18. The standard InChI is InChI=1S/C21H22N4O2S/c1-27-17-5-2-13(3-6-17)8-16(22)11-23-21-24-12-19(28-21)14-4-7-18-15(9-14)10-20(26)25-18/h2-7,9,12,16H,8,10-11,22H2,1H3,(H,23,24)(H,25,26)/t16-/m0/s1. The zero-order valence-electron chi connectivity index (χ0n) is 15.6. The largest absolute Gasteiger partial charge is 0.497 e. The molecule has 4 N–H and O–H groups in total. The first-order valence-electron chi connectivity index (χ1n) is 9.12. The second-order valence-corrected chi connectivity index (χ2v) is 7.85. The van der Waals surface area contributed by atoms with Gasteiger partial charge in [-0.1, -0.05) is 29.5 Å². The van der Waals surface area contributed by atoms with E-state index in [1.165, 1.54) is 5.56 Å². The fourth-order valence-electron chi connectivity index (χ4n) is 3.23. The zero-order chi connectivity index (χ0) is 19.5. The Kier molecular flexibility index (Phi) is 5.27. The number of thiazole rings is 1. The first-order valence-corrected chi connectivity index (χ1v) is 9.94. The van der Waals surface area contributed by atoms with Crippen molar-refractivity contribution < 1.29 is 9.53 Å². The fraction of sp³-hybridized carbons (Fsp3) is 0.238. The lowest BCUT2D eigenvalue weighted by Gasteiger charge is -2.12. The van der Waals surface area contributed by atoms with Crippen LogP contribution < -0.4 is 21.1 Å². The Morgan fingerprint density at radius 3 is 2.89 bits per heavy atom. The summed E-state index contributed by atoms with van der Waals surface area (Å²) in [5, 5.41) is 7.03. The molecule has 0 radical (unpaired) electrons. The zero-order valence-corrected chi connectivity index (χ0v) is 16.4. The van der Waals surface area contributed by atoms with Gasteiger partial charge in [-0.15, -0.1) is 0 Å². The SMILES string of the molecule is COc1ccc(C[C@H](N)CNc2ncc(-c3ccc4c(c3)CC(=O)N4)s2)cc1. The van der Waals surface area contributed by atoms with Crippen LogP contribution in [0.1, 0.15) is 11.1 Å². The number of carbonyl (C=O) groups is 1. The van der Waals surface area contributed by atoms with Gasteiger partial charge in [-0.25, -0.2) is 4.98 Å². The average molecular weight is 395 g/mol. The number of anilines is 2. The fourth-order valence-corrected chi connectivity index (χ4v) is 4.05. The van der Waals surface area contributed by atoms with Gasteiger partial charge in [0.25, 0.3) is 0 Å². The van der Waals surface area contributed by atoms with Crippen molar-refractivity contribution >= 4 is 28.1 Å². The summed E-state index contributed by atoms with van der Waals surface area (Å²) < 4.78 is 5.18. The van der Waals surface area contributed by atoms with Gasteiger partial charge in [0.1, 0.15) is 5.75 Å². The van der Waals surface area contributed by atoms with Crippen molar-refractivity contribution in [2.45, 2.75) is 18.9 Å². The second kappa shape index (κ2) is 8.00. The smallest absolute Gasteiger partial charge is 0.228 e. The molecule has 4 rings (SSSR count). The first kappa shape index (κ1) is 18.5. The molecule has 6 nitrogen and oxygen atoms in total. The van der Waals surface area contributed by atoms with Gasteiger partial charge in [0.15, 0.2) is 5.13 Å². The maximum absolute atomic E-state index is 11.5.